The second kappa shape index (κ2) is 7.77. The van der Waals surface area contributed by atoms with Crippen LogP contribution in [0.2, 0.25) is 0 Å². The van der Waals surface area contributed by atoms with Gasteiger partial charge in [-0.1, -0.05) is 18.2 Å². The molecule has 27 heavy (non-hydrogen) atoms. The summed E-state index contributed by atoms with van der Waals surface area (Å²) in [4.78, 5) is 13.6. The highest BCUT2D eigenvalue weighted by molar-refractivity contribution is 7.89. The second-order valence-electron chi connectivity index (χ2n) is 6.62. The Bertz CT molecular complexity index is 950. The van der Waals surface area contributed by atoms with Gasteiger partial charge in [0.15, 0.2) is 0 Å². The lowest BCUT2D eigenvalue weighted by Gasteiger charge is -2.31. The minimum Gasteiger partial charge on any atom is -0.478 e. The lowest BCUT2D eigenvalue weighted by Crippen LogP contribution is -2.47. The third-order valence-electron chi connectivity index (χ3n) is 4.70. The minimum atomic E-state index is -3.79. The van der Waals surface area contributed by atoms with Crippen LogP contribution in [0.5, 0.6) is 0 Å². The largest absolute Gasteiger partial charge is 0.478 e. The number of aromatic carboxylic acids is 1. The van der Waals surface area contributed by atoms with Crippen LogP contribution in [0.15, 0.2) is 47.4 Å². The first-order valence-electron chi connectivity index (χ1n) is 8.58. The number of nitrogens with zero attached hydrogens (tertiary/aromatic N) is 2. The number of piperazine rings is 1. The van der Waals surface area contributed by atoms with E-state index >= 15 is 0 Å². The minimum absolute atomic E-state index is 0.0312. The van der Waals surface area contributed by atoms with Crippen LogP contribution in [0, 0.1) is 0 Å². The Labute approximate surface area is 158 Å². The Morgan fingerprint density at radius 2 is 1.74 bits per heavy atom. The zero-order valence-electron chi connectivity index (χ0n) is 15.0. The average Bonchev–Trinajstić information content (AvgIpc) is 2.68. The van der Waals surface area contributed by atoms with Crippen molar-refractivity contribution in [1.82, 2.24) is 9.21 Å². The number of carboxylic acid groups (broad SMARTS) is 1. The summed E-state index contributed by atoms with van der Waals surface area (Å²) in [5.74, 6) is -1.19. The van der Waals surface area contributed by atoms with Gasteiger partial charge in [-0.2, -0.15) is 4.31 Å². The van der Waals surface area contributed by atoms with Crippen LogP contribution in [-0.2, 0) is 16.6 Å². The molecule has 1 fully saturated rings. The van der Waals surface area contributed by atoms with Gasteiger partial charge >= 0.3 is 5.97 Å². The number of likely N-dealkylation sites (N-methyl/N-ethyl adjacent to an activating group) is 1. The molecule has 0 atom stereocenters. The van der Waals surface area contributed by atoms with Crippen molar-refractivity contribution in [2.75, 3.05) is 33.2 Å². The molecule has 0 aliphatic carbocycles. The number of carbonyl (C=O) groups is 1. The summed E-state index contributed by atoms with van der Waals surface area (Å²) in [5.41, 5.74) is 1.71. The van der Waals surface area contributed by atoms with E-state index in [1.165, 1.54) is 22.5 Å². The fourth-order valence-corrected chi connectivity index (χ4v) is 4.56. The molecule has 144 valence electrons. The first-order chi connectivity index (χ1) is 12.8. The molecule has 0 spiro atoms. The first-order valence-corrected chi connectivity index (χ1v) is 10.0. The third kappa shape index (κ3) is 4.19. The van der Waals surface area contributed by atoms with Crippen molar-refractivity contribution >= 4 is 16.0 Å². The highest BCUT2D eigenvalue weighted by Crippen LogP contribution is 2.28. The van der Waals surface area contributed by atoms with Crippen LogP contribution in [0.25, 0.3) is 11.1 Å². The summed E-state index contributed by atoms with van der Waals surface area (Å²) in [6, 6.07) is 11.1. The van der Waals surface area contributed by atoms with Crippen LogP contribution >= 0.6 is 0 Å². The summed E-state index contributed by atoms with van der Waals surface area (Å²) < 4.78 is 27.5. The number of sulfonamides is 1. The van der Waals surface area contributed by atoms with Crippen molar-refractivity contribution in [2.24, 2.45) is 0 Å². The van der Waals surface area contributed by atoms with Crippen molar-refractivity contribution < 1.29 is 23.4 Å². The molecule has 1 aliphatic heterocycles. The van der Waals surface area contributed by atoms with Gasteiger partial charge in [0, 0.05) is 26.2 Å². The summed E-state index contributed by atoms with van der Waals surface area (Å²) in [6.07, 6.45) is 0. The van der Waals surface area contributed by atoms with Gasteiger partial charge in [0.2, 0.25) is 10.0 Å². The summed E-state index contributed by atoms with van der Waals surface area (Å²) in [6.45, 7) is 1.84. The molecule has 2 aromatic rings. The Morgan fingerprint density at radius 3 is 2.37 bits per heavy atom. The van der Waals surface area contributed by atoms with Gasteiger partial charge in [-0.05, 0) is 48.0 Å². The second-order valence-corrected chi connectivity index (χ2v) is 8.56. The normalized spacial score (nSPS) is 16.4. The molecule has 0 amide bonds. The molecule has 2 N–H and O–H groups in total. The van der Waals surface area contributed by atoms with Crippen molar-refractivity contribution in [1.29, 1.82) is 0 Å². The number of carboxylic acids is 1. The van der Waals surface area contributed by atoms with Crippen LogP contribution in [-0.4, -0.2) is 67.0 Å². The number of aliphatic hydroxyl groups is 1. The summed E-state index contributed by atoms with van der Waals surface area (Å²) in [7, 11) is -1.86. The molecule has 1 saturated heterocycles. The number of benzene rings is 2. The number of hydrogen-bond donors (Lipinski definition) is 2. The van der Waals surface area contributed by atoms with Crippen molar-refractivity contribution in [3.8, 4) is 11.1 Å². The van der Waals surface area contributed by atoms with Gasteiger partial charge < -0.3 is 15.1 Å². The maximum absolute atomic E-state index is 13.0. The molecule has 3 rings (SSSR count). The van der Waals surface area contributed by atoms with Crippen molar-refractivity contribution in [3.63, 3.8) is 0 Å². The van der Waals surface area contributed by atoms with Crippen LogP contribution in [0.3, 0.4) is 0 Å². The Morgan fingerprint density at radius 1 is 1.04 bits per heavy atom. The predicted octanol–water partition coefficient (Wildman–Crippen LogP) is 1.48. The zero-order valence-corrected chi connectivity index (χ0v) is 15.8. The molecular formula is C19H22N2O5S. The monoisotopic (exact) mass is 390 g/mol. The smallest absolute Gasteiger partial charge is 0.335 e. The van der Waals surface area contributed by atoms with E-state index in [9.17, 15) is 23.4 Å². The quantitative estimate of drug-likeness (QED) is 0.803. The van der Waals surface area contributed by atoms with Crippen LogP contribution in [0.4, 0.5) is 0 Å². The lowest BCUT2D eigenvalue weighted by atomic mass is 10.0. The van der Waals surface area contributed by atoms with E-state index in [4.69, 9.17) is 0 Å². The van der Waals surface area contributed by atoms with Crippen molar-refractivity contribution in [2.45, 2.75) is 11.5 Å². The first kappa shape index (κ1) is 19.5. The van der Waals surface area contributed by atoms with E-state index in [1.54, 1.807) is 24.3 Å². The highest BCUT2D eigenvalue weighted by Gasteiger charge is 2.28. The zero-order chi connectivity index (χ0) is 19.6. The van der Waals surface area contributed by atoms with E-state index < -0.39 is 16.0 Å². The molecule has 0 saturated carbocycles. The highest BCUT2D eigenvalue weighted by atomic mass is 32.2. The maximum atomic E-state index is 13.0. The van der Waals surface area contributed by atoms with E-state index in [0.717, 1.165) is 0 Å². The molecular weight excluding hydrogens is 368 g/mol. The fraction of sp³-hybridized carbons (Fsp3) is 0.316. The number of rotatable bonds is 5. The third-order valence-corrected chi connectivity index (χ3v) is 6.57. The standard InChI is InChI=1S/C19H22N2O5S/c1-20-5-7-21(8-6-20)27(25,26)18-11-16(10-17(12-18)19(23)24)15-4-2-3-14(9-15)13-22/h2-4,9-12,22H,5-8,13H2,1H3,(H,23,24). The summed E-state index contributed by atoms with van der Waals surface area (Å²) in [5, 5.41) is 18.8. The van der Waals surface area contributed by atoms with Crippen LogP contribution < -0.4 is 0 Å². The topological polar surface area (TPSA) is 98.2 Å². The predicted molar refractivity (Wildman–Crippen MR) is 101 cm³/mol. The SMILES string of the molecule is CN1CCN(S(=O)(=O)c2cc(C(=O)O)cc(-c3cccc(CO)c3)c2)CC1. The number of hydrogen-bond acceptors (Lipinski definition) is 5. The fourth-order valence-electron chi connectivity index (χ4n) is 3.06. The summed E-state index contributed by atoms with van der Waals surface area (Å²) >= 11 is 0. The molecule has 8 heteroatoms. The van der Waals surface area contributed by atoms with E-state index in [2.05, 4.69) is 0 Å². The van der Waals surface area contributed by atoms with Gasteiger partial charge in [0.05, 0.1) is 17.1 Å². The maximum Gasteiger partial charge on any atom is 0.335 e. The van der Waals surface area contributed by atoms with E-state index in [0.29, 0.717) is 42.9 Å². The van der Waals surface area contributed by atoms with Gasteiger partial charge in [-0.15, -0.1) is 0 Å². The van der Waals surface area contributed by atoms with E-state index in [1.807, 2.05) is 11.9 Å². The van der Waals surface area contributed by atoms with Gasteiger partial charge in [-0.25, -0.2) is 13.2 Å². The molecule has 0 unspecified atom stereocenters. The molecule has 0 radical (unpaired) electrons. The molecule has 0 aromatic heterocycles. The van der Waals surface area contributed by atoms with Gasteiger partial charge in [-0.3, -0.25) is 0 Å². The van der Waals surface area contributed by atoms with Gasteiger partial charge in [0.25, 0.3) is 0 Å². The Kier molecular flexibility index (Phi) is 5.61. The lowest BCUT2D eigenvalue weighted by molar-refractivity contribution is 0.0696. The van der Waals surface area contributed by atoms with E-state index in [-0.39, 0.29) is 17.1 Å². The molecule has 0 bridgehead atoms. The van der Waals surface area contributed by atoms with Crippen LogP contribution in [0.1, 0.15) is 15.9 Å². The Hall–Kier alpha value is -2.26. The average molecular weight is 390 g/mol. The molecule has 1 heterocycles. The molecule has 1 aliphatic rings. The van der Waals surface area contributed by atoms with Gasteiger partial charge in [0.1, 0.15) is 0 Å². The molecule has 2 aromatic carbocycles. The Balaban J connectivity index is 2.07. The molecule has 7 nitrogen and oxygen atoms in total. The number of aliphatic hydroxyl groups excluding tert-OH is 1. The van der Waals surface area contributed by atoms with Crippen molar-refractivity contribution in [3.05, 3.63) is 53.6 Å².